The van der Waals surface area contributed by atoms with Crippen LogP contribution >= 0.6 is 23.2 Å². The van der Waals surface area contributed by atoms with E-state index in [1.807, 2.05) is 0 Å². The van der Waals surface area contributed by atoms with E-state index in [0.29, 0.717) is 0 Å². The van der Waals surface area contributed by atoms with Crippen molar-refractivity contribution >= 4 is 47.1 Å². The molecule has 0 spiro atoms. The quantitative estimate of drug-likeness (QED) is 0.240. The average molecular weight is 567 g/mol. The Morgan fingerprint density at radius 2 is 1.03 bits per heavy atom. The largest absolute Gasteiger partial charge is 0.453 e. The number of benzene rings is 2. The van der Waals surface area contributed by atoms with Crippen LogP contribution in [-0.2, 0) is 28.5 Å². The number of carbonyl (C=O) groups is 4. The van der Waals surface area contributed by atoms with Crippen molar-refractivity contribution in [3.8, 4) is 11.5 Å². The summed E-state index contributed by atoms with van der Waals surface area (Å²) in [6.45, 7) is 0.150. The van der Waals surface area contributed by atoms with Gasteiger partial charge in [-0.3, -0.25) is 9.59 Å². The SMILES string of the molecule is O=C(CCCl)Oc1ccc(C(=O)O[C@H]2CO[C@H]3[C@@H]2OC[C@H]3OC(=O)c2ccc(OC(=O)CCCl)cc2)cc1. The first kappa shape index (κ1) is 27.8. The zero-order valence-electron chi connectivity index (χ0n) is 20.0. The molecule has 0 aliphatic carbocycles. The molecule has 0 bridgehead atoms. The molecule has 2 aromatic rings. The molecule has 2 saturated heterocycles. The van der Waals surface area contributed by atoms with E-state index in [9.17, 15) is 19.2 Å². The van der Waals surface area contributed by atoms with E-state index in [1.54, 1.807) is 0 Å². The van der Waals surface area contributed by atoms with Crippen LogP contribution in [0, 0.1) is 0 Å². The van der Waals surface area contributed by atoms with Crippen LogP contribution in [0.25, 0.3) is 0 Å². The van der Waals surface area contributed by atoms with Crippen LogP contribution in [-0.4, -0.2) is 73.3 Å². The Kier molecular flexibility index (Phi) is 9.57. The van der Waals surface area contributed by atoms with Crippen molar-refractivity contribution in [2.75, 3.05) is 25.0 Å². The van der Waals surface area contributed by atoms with Gasteiger partial charge in [0, 0.05) is 11.8 Å². The molecule has 2 aromatic carbocycles. The maximum absolute atomic E-state index is 12.6. The number of fused-ring (bicyclic) bond motifs is 1. The Morgan fingerprint density at radius 3 is 1.37 bits per heavy atom. The number of hydrogen-bond acceptors (Lipinski definition) is 10. The predicted molar refractivity (Wildman–Crippen MR) is 133 cm³/mol. The van der Waals surface area contributed by atoms with Gasteiger partial charge in [-0.2, -0.15) is 0 Å². The van der Waals surface area contributed by atoms with E-state index >= 15 is 0 Å². The normalized spacial score (nSPS) is 21.8. The Balaban J connectivity index is 1.27. The summed E-state index contributed by atoms with van der Waals surface area (Å²) in [6, 6.07) is 11.8. The Hall–Kier alpha value is -3.18. The summed E-state index contributed by atoms with van der Waals surface area (Å²) in [5, 5.41) is 0. The summed E-state index contributed by atoms with van der Waals surface area (Å²) < 4.78 is 32.8. The minimum Gasteiger partial charge on any atom is -0.453 e. The number of alkyl halides is 2. The van der Waals surface area contributed by atoms with Crippen molar-refractivity contribution in [2.45, 2.75) is 37.3 Å². The Morgan fingerprint density at radius 1 is 0.658 bits per heavy atom. The van der Waals surface area contributed by atoms with Crippen molar-refractivity contribution in [1.82, 2.24) is 0 Å². The third-order valence-electron chi connectivity index (χ3n) is 5.72. The number of halogens is 2. The first-order valence-corrected chi connectivity index (χ1v) is 12.8. The first-order chi connectivity index (χ1) is 18.4. The molecule has 0 radical (unpaired) electrons. The molecular weight excluding hydrogens is 543 g/mol. The lowest BCUT2D eigenvalue weighted by atomic mass is 10.1. The molecule has 0 N–H and O–H groups in total. The van der Waals surface area contributed by atoms with Gasteiger partial charge in [-0.05, 0) is 48.5 Å². The van der Waals surface area contributed by atoms with E-state index in [4.69, 9.17) is 51.6 Å². The number of hydrogen-bond donors (Lipinski definition) is 0. The van der Waals surface area contributed by atoms with Crippen LogP contribution in [0.15, 0.2) is 48.5 Å². The Labute approximate surface area is 228 Å². The van der Waals surface area contributed by atoms with Crippen molar-refractivity contribution in [2.24, 2.45) is 0 Å². The minimum absolute atomic E-state index is 0.0741. The molecule has 2 aliphatic heterocycles. The predicted octanol–water partition coefficient (Wildman–Crippen LogP) is 3.30. The van der Waals surface area contributed by atoms with Crippen LogP contribution in [0.4, 0.5) is 0 Å². The zero-order valence-corrected chi connectivity index (χ0v) is 21.5. The fraction of sp³-hybridized carbons (Fsp3) is 0.385. The van der Waals surface area contributed by atoms with Gasteiger partial charge in [0.1, 0.15) is 23.7 Å². The van der Waals surface area contributed by atoms with Gasteiger partial charge in [0.2, 0.25) is 0 Å². The minimum atomic E-state index is -0.695. The standard InChI is InChI=1S/C26H24Cl2O10/c27-11-9-21(29)35-17-5-1-15(2-6-17)25(31)37-19-13-33-24-20(14-34-23(19)24)38-26(32)16-3-7-18(8-4-16)36-22(30)10-12-28/h1-8,19-20,23-24H,9-14H2/t19-,20+,23-,24-/m1/s1. The second kappa shape index (κ2) is 13.1. The first-order valence-electron chi connectivity index (χ1n) is 11.8. The van der Waals surface area contributed by atoms with Crippen molar-refractivity contribution < 1.29 is 47.6 Å². The van der Waals surface area contributed by atoms with Gasteiger partial charge >= 0.3 is 23.9 Å². The van der Waals surface area contributed by atoms with Crippen molar-refractivity contribution in [3.05, 3.63) is 59.7 Å². The van der Waals surface area contributed by atoms with Gasteiger partial charge in [-0.25, -0.2) is 9.59 Å². The second-order valence-electron chi connectivity index (χ2n) is 8.36. The molecule has 0 saturated carbocycles. The van der Waals surface area contributed by atoms with Gasteiger partial charge in [-0.15, -0.1) is 23.2 Å². The van der Waals surface area contributed by atoms with E-state index in [1.165, 1.54) is 48.5 Å². The number of esters is 4. The maximum atomic E-state index is 12.6. The van der Waals surface area contributed by atoms with Gasteiger partial charge in [0.15, 0.2) is 12.2 Å². The zero-order chi connectivity index (χ0) is 27.1. The number of rotatable bonds is 10. The molecule has 2 fully saturated rings. The van der Waals surface area contributed by atoms with E-state index in [2.05, 4.69) is 0 Å². The van der Waals surface area contributed by atoms with Gasteiger partial charge in [0.25, 0.3) is 0 Å². The molecular formula is C26H24Cl2O10. The summed E-state index contributed by atoms with van der Waals surface area (Å²) in [5.41, 5.74) is 0.506. The lowest BCUT2D eigenvalue weighted by Crippen LogP contribution is -2.36. The van der Waals surface area contributed by atoms with Gasteiger partial charge in [0.05, 0.1) is 37.2 Å². The highest BCUT2D eigenvalue weighted by Gasteiger charge is 2.51. The topological polar surface area (TPSA) is 124 Å². The van der Waals surface area contributed by atoms with Gasteiger partial charge in [-0.1, -0.05) is 0 Å². The summed E-state index contributed by atoms with van der Waals surface area (Å²) in [4.78, 5) is 48.3. The Bertz CT molecular complexity index is 1060. The monoisotopic (exact) mass is 566 g/mol. The van der Waals surface area contributed by atoms with Crippen LogP contribution in [0.5, 0.6) is 11.5 Å². The molecule has 0 unspecified atom stereocenters. The molecule has 4 atom stereocenters. The second-order valence-corrected chi connectivity index (χ2v) is 9.11. The van der Waals surface area contributed by atoms with E-state index in [0.717, 1.165) is 0 Å². The molecule has 202 valence electrons. The highest BCUT2D eigenvalue weighted by molar-refractivity contribution is 6.19. The van der Waals surface area contributed by atoms with E-state index < -0.39 is 48.3 Å². The van der Waals surface area contributed by atoms with Crippen molar-refractivity contribution in [1.29, 1.82) is 0 Å². The highest BCUT2D eigenvalue weighted by Crippen LogP contribution is 2.31. The lowest BCUT2D eigenvalue weighted by molar-refractivity contribution is -0.134. The van der Waals surface area contributed by atoms with E-state index in [-0.39, 0.29) is 60.4 Å². The lowest BCUT2D eigenvalue weighted by Gasteiger charge is -2.17. The van der Waals surface area contributed by atoms with Crippen molar-refractivity contribution in [3.63, 3.8) is 0 Å². The third kappa shape index (κ3) is 7.02. The maximum Gasteiger partial charge on any atom is 0.338 e. The highest BCUT2D eigenvalue weighted by atomic mass is 35.5. The van der Waals surface area contributed by atoms with Crippen LogP contribution < -0.4 is 9.47 Å². The number of ether oxygens (including phenoxy) is 6. The third-order valence-corrected chi connectivity index (χ3v) is 6.10. The molecule has 2 heterocycles. The molecule has 0 amide bonds. The molecule has 0 aromatic heterocycles. The molecule has 4 rings (SSSR count). The summed E-state index contributed by atoms with van der Waals surface area (Å²) in [5.74, 6) is -1.28. The van der Waals surface area contributed by atoms with Crippen LogP contribution in [0.3, 0.4) is 0 Å². The molecule has 10 nitrogen and oxygen atoms in total. The average Bonchev–Trinajstić information content (AvgIpc) is 3.48. The molecule has 2 aliphatic rings. The fourth-order valence-corrected chi connectivity index (χ4v) is 4.19. The molecule has 38 heavy (non-hydrogen) atoms. The van der Waals surface area contributed by atoms with Crippen LogP contribution in [0.2, 0.25) is 0 Å². The summed E-state index contributed by atoms with van der Waals surface area (Å²) >= 11 is 11.0. The molecule has 12 heteroatoms. The van der Waals surface area contributed by atoms with Crippen LogP contribution in [0.1, 0.15) is 33.6 Å². The summed E-state index contributed by atoms with van der Waals surface area (Å²) in [6.07, 6.45) is -2.44. The fourth-order valence-electron chi connectivity index (χ4n) is 3.88. The number of carbonyl (C=O) groups excluding carboxylic acids is 4. The smallest absolute Gasteiger partial charge is 0.338 e. The summed E-state index contributed by atoms with van der Waals surface area (Å²) in [7, 11) is 0. The van der Waals surface area contributed by atoms with Gasteiger partial charge < -0.3 is 28.4 Å².